The van der Waals surface area contributed by atoms with Gasteiger partial charge in [-0.1, -0.05) is 30.3 Å². The van der Waals surface area contributed by atoms with Gasteiger partial charge in [-0.25, -0.2) is 19.0 Å². The summed E-state index contributed by atoms with van der Waals surface area (Å²) in [6.45, 7) is 6.94. The van der Waals surface area contributed by atoms with Crippen LogP contribution in [0.3, 0.4) is 0 Å². The van der Waals surface area contributed by atoms with Gasteiger partial charge in [0.05, 0.1) is 18.4 Å². The molecule has 1 aromatic carbocycles. The molecule has 3 heterocycles. The minimum absolute atomic E-state index is 0.0713. The van der Waals surface area contributed by atoms with Crippen LogP contribution in [-0.4, -0.2) is 50.9 Å². The Hall–Kier alpha value is -4.74. The first-order valence-corrected chi connectivity index (χ1v) is 12.2. The Kier molecular flexibility index (Phi) is 7.65. The average Bonchev–Trinajstić information content (AvgIpc) is 3.31. The number of halogens is 1. The minimum atomic E-state index is -0.788. The van der Waals surface area contributed by atoms with Gasteiger partial charge in [0.1, 0.15) is 22.8 Å². The smallest absolute Gasteiger partial charge is 0.415 e. The number of hydrogen-bond acceptors (Lipinski definition) is 8. The third-order valence-electron chi connectivity index (χ3n) is 5.56. The molecule has 0 radical (unpaired) electrons. The topological polar surface area (TPSA) is 131 Å². The van der Waals surface area contributed by atoms with Gasteiger partial charge in [-0.15, -0.1) is 0 Å². The number of nitrogens with one attached hydrogen (secondary N) is 2. The fourth-order valence-electron chi connectivity index (χ4n) is 3.87. The van der Waals surface area contributed by atoms with E-state index in [-0.39, 0.29) is 41.6 Å². The Balaban J connectivity index is 1.98. The van der Waals surface area contributed by atoms with Gasteiger partial charge in [-0.2, -0.15) is 9.61 Å². The number of nitrogens with zero attached hydrogens (tertiary/aromatic N) is 4. The Morgan fingerprint density at radius 2 is 1.92 bits per heavy atom. The van der Waals surface area contributed by atoms with Crippen molar-refractivity contribution < 1.29 is 23.5 Å². The number of H-pyrrole nitrogens is 1. The van der Waals surface area contributed by atoms with E-state index in [1.165, 1.54) is 22.7 Å². The number of aromatic nitrogens is 4. The van der Waals surface area contributed by atoms with E-state index in [0.717, 1.165) is 12.3 Å². The summed E-state index contributed by atoms with van der Waals surface area (Å²) >= 11 is 0. The first-order valence-electron chi connectivity index (χ1n) is 12.2. The zero-order valence-corrected chi connectivity index (χ0v) is 22.2. The number of hydrogen-bond donors (Lipinski definition) is 2. The number of rotatable bonds is 7. The predicted molar refractivity (Wildman–Crippen MR) is 143 cm³/mol. The molecule has 0 atom stereocenters. The minimum Gasteiger partial charge on any atom is -0.462 e. The van der Waals surface area contributed by atoms with Crippen molar-refractivity contribution in [3.05, 3.63) is 76.1 Å². The normalized spacial score (nSPS) is 11.3. The number of anilines is 2. The lowest BCUT2D eigenvalue weighted by Gasteiger charge is -2.27. The molecule has 0 fully saturated rings. The number of esters is 1. The summed E-state index contributed by atoms with van der Waals surface area (Å²) in [4.78, 5) is 46.5. The molecule has 204 valence electrons. The van der Waals surface area contributed by atoms with Crippen molar-refractivity contribution in [2.24, 2.45) is 0 Å². The summed E-state index contributed by atoms with van der Waals surface area (Å²) in [5.74, 6) is -0.796. The summed E-state index contributed by atoms with van der Waals surface area (Å²) < 4.78 is 26.0. The van der Waals surface area contributed by atoms with Gasteiger partial charge in [0.25, 0.3) is 5.56 Å². The van der Waals surface area contributed by atoms with E-state index in [0.29, 0.717) is 11.1 Å². The third kappa shape index (κ3) is 5.89. The second kappa shape index (κ2) is 10.9. The van der Waals surface area contributed by atoms with Gasteiger partial charge < -0.3 is 19.8 Å². The molecule has 0 saturated carbocycles. The standard InChI is InChI=1S/C27H29FN6O5/c1-6-38-25(36)19-15-31-34-22(19)32-21(29-13-17-12-18(28)14-30-23(17)35)20(16-10-8-7-9-11-16)24(34)33(5)26(37)39-27(2,3)4/h7-12,14-15H,6,13H2,1-5H3,(H,29,32)(H,30,35). The molecule has 0 unspecified atom stereocenters. The van der Waals surface area contributed by atoms with E-state index >= 15 is 0 Å². The van der Waals surface area contributed by atoms with Crippen molar-refractivity contribution in [2.45, 2.75) is 39.8 Å². The Bertz CT molecular complexity index is 1580. The van der Waals surface area contributed by atoms with Crippen LogP contribution in [0.1, 0.15) is 43.6 Å². The zero-order valence-electron chi connectivity index (χ0n) is 22.2. The van der Waals surface area contributed by atoms with Crippen LogP contribution in [0, 0.1) is 5.82 Å². The van der Waals surface area contributed by atoms with E-state index in [4.69, 9.17) is 9.47 Å². The average molecular weight is 537 g/mol. The van der Waals surface area contributed by atoms with Crippen LogP contribution < -0.4 is 15.8 Å². The monoisotopic (exact) mass is 536 g/mol. The fourth-order valence-corrected chi connectivity index (χ4v) is 3.87. The van der Waals surface area contributed by atoms with Crippen molar-refractivity contribution in [1.82, 2.24) is 19.6 Å². The van der Waals surface area contributed by atoms with Gasteiger partial charge in [0.2, 0.25) is 0 Å². The Morgan fingerprint density at radius 1 is 1.21 bits per heavy atom. The molecule has 0 spiro atoms. The quantitative estimate of drug-likeness (QED) is 0.333. The molecule has 0 aliphatic rings. The first-order chi connectivity index (χ1) is 18.5. The van der Waals surface area contributed by atoms with Gasteiger partial charge in [0, 0.05) is 25.4 Å². The van der Waals surface area contributed by atoms with Crippen LogP contribution in [0.15, 0.2) is 53.6 Å². The molecule has 0 aliphatic heterocycles. The number of pyridine rings is 1. The summed E-state index contributed by atoms with van der Waals surface area (Å²) in [5, 5.41) is 7.45. The second-order valence-electron chi connectivity index (χ2n) is 9.60. The van der Waals surface area contributed by atoms with E-state index in [2.05, 4.69) is 20.4 Å². The maximum absolute atomic E-state index is 13.9. The molecule has 0 bridgehead atoms. The molecular formula is C27H29FN6O5. The van der Waals surface area contributed by atoms with Crippen LogP contribution >= 0.6 is 0 Å². The highest BCUT2D eigenvalue weighted by Gasteiger charge is 2.30. The number of fused-ring (bicyclic) bond motifs is 1. The molecule has 4 rings (SSSR count). The van der Waals surface area contributed by atoms with Gasteiger partial charge in [0.15, 0.2) is 11.5 Å². The third-order valence-corrected chi connectivity index (χ3v) is 5.56. The zero-order chi connectivity index (χ0) is 28.3. The molecule has 2 N–H and O–H groups in total. The number of aromatic amines is 1. The summed E-state index contributed by atoms with van der Waals surface area (Å²) in [6.07, 6.45) is 1.60. The number of ether oxygens (including phenoxy) is 2. The molecule has 4 aromatic rings. The van der Waals surface area contributed by atoms with E-state index in [1.807, 2.05) is 30.3 Å². The van der Waals surface area contributed by atoms with E-state index < -0.39 is 29.0 Å². The number of benzene rings is 1. The van der Waals surface area contributed by atoms with Crippen LogP contribution in [-0.2, 0) is 16.0 Å². The van der Waals surface area contributed by atoms with Crippen molar-refractivity contribution in [3.8, 4) is 11.1 Å². The molecule has 3 aromatic heterocycles. The highest BCUT2D eigenvalue weighted by Crippen LogP contribution is 2.38. The number of carbonyl (C=O) groups excluding carboxylic acids is 2. The van der Waals surface area contributed by atoms with Gasteiger partial charge in [-0.3, -0.25) is 9.69 Å². The largest absolute Gasteiger partial charge is 0.462 e. The lowest BCUT2D eigenvalue weighted by atomic mass is 10.1. The van der Waals surface area contributed by atoms with Crippen molar-refractivity contribution in [2.75, 3.05) is 23.9 Å². The van der Waals surface area contributed by atoms with Crippen LogP contribution in [0.5, 0.6) is 0 Å². The fraction of sp³-hybridized carbons (Fsp3) is 0.296. The number of amides is 1. The molecular weight excluding hydrogens is 507 g/mol. The highest BCUT2D eigenvalue weighted by atomic mass is 19.1. The molecule has 12 heteroatoms. The van der Waals surface area contributed by atoms with Crippen molar-refractivity contribution in [3.63, 3.8) is 0 Å². The Labute approximate surface area is 223 Å². The number of carbonyl (C=O) groups is 2. The van der Waals surface area contributed by atoms with Crippen molar-refractivity contribution in [1.29, 1.82) is 0 Å². The van der Waals surface area contributed by atoms with Gasteiger partial charge in [-0.05, 0) is 39.3 Å². The highest BCUT2D eigenvalue weighted by molar-refractivity contribution is 6.00. The molecule has 1 amide bonds. The van der Waals surface area contributed by atoms with E-state index in [9.17, 15) is 18.8 Å². The van der Waals surface area contributed by atoms with E-state index in [1.54, 1.807) is 27.7 Å². The summed E-state index contributed by atoms with van der Waals surface area (Å²) in [5.41, 5.74) is 0.121. The molecule has 0 saturated heterocycles. The molecule has 0 aliphatic carbocycles. The van der Waals surface area contributed by atoms with Crippen LogP contribution in [0.2, 0.25) is 0 Å². The maximum Gasteiger partial charge on any atom is 0.415 e. The lowest BCUT2D eigenvalue weighted by Crippen LogP contribution is -2.35. The maximum atomic E-state index is 13.9. The Morgan fingerprint density at radius 3 is 2.59 bits per heavy atom. The molecule has 11 nitrogen and oxygen atoms in total. The van der Waals surface area contributed by atoms with Crippen LogP contribution in [0.4, 0.5) is 20.8 Å². The lowest BCUT2D eigenvalue weighted by molar-refractivity contribution is 0.0527. The van der Waals surface area contributed by atoms with Crippen LogP contribution in [0.25, 0.3) is 16.8 Å². The first kappa shape index (κ1) is 27.3. The van der Waals surface area contributed by atoms with Crippen molar-refractivity contribution >= 4 is 29.3 Å². The summed E-state index contributed by atoms with van der Waals surface area (Å²) in [6, 6.07) is 10.2. The summed E-state index contributed by atoms with van der Waals surface area (Å²) in [7, 11) is 1.52. The molecule has 39 heavy (non-hydrogen) atoms. The second-order valence-corrected chi connectivity index (χ2v) is 9.60. The SMILES string of the molecule is CCOC(=O)c1cnn2c(N(C)C(=O)OC(C)(C)C)c(-c3ccccc3)c(NCc3cc(F)c[nH]c3=O)nc12. The van der Waals surface area contributed by atoms with Gasteiger partial charge >= 0.3 is 12.1 Å². The predicted octanol–water partition coefficient (Wildman–Crippen LogP) is 4.38.